The molecule has 1 aliphatic carbocycles. The molecular weight excluding hydrogens is 218 g/mol. The summed E-state index contributed by atoms with van der Waals surface area (Å²) in [6, 6.07) is 8.87. The topological polar surface area (TPSA) is 12.0 Å². The molecule has 1 atom stereocenters. The summed E-state index contributed by atoms with van der Waals surface area (Å²) in [5.41, 5.74) is 4.68. The molecule has 1 aromatic carbocycles. The molecule has 98 valence electrons. The van der Waals surface area contributed by atoms with Crippen molar-refractivity contribution in [3.8, 4) is 0 Å². The molecule has 0 bridgehead atoms. The van der Waals surface area contributed by atoms with Gasteiger partial charge in [0.1, 0.15) is 0 Å². The summed E-state index contributed by atoms with van der Waals surface area (Å²) in [5, 5.41) is 3.44. The monoisotopic (exact) mass is 243 g/mol. The Morgan fingerprint density at radius 1 is 1.33 bits per heavy atom. The molecule has 1 N–H and O–H groups in total. The van der Waals surface area contributed by atoms with Gasteiger partial charge in [-0.3, -0.25) is 0 Å². The highest BCUT2D eigenvalue weighted by Gasteiger charge is 2.24. The second kappa shape index (κ2) is 6.75. The first-order chi connectivity index (χ1) is 8.81. The Hall–Kier alpha value is -1.08. The van der Waals surface area contributed by atoms with Gasteiger partial charge in [0.15, 0.2) is 0 Å². The van der Waals surface area contributed by atoms with Gasteiger partial charge in [0, 0.05) is 0 Å². The lowest BCUT2D eigenvalue weighted by Gasteiger charge is -2.30. The summed E-state index contributed by atoms with van der Waals surface area (Å²) in [6.07, 6.45) is 7.31. The van der Waals surface area contributed by atoms with Crippen LogP contribution in [-0.4, -0.2) is 13.1 Å². The van der Waals surface area contributed by atoms with Crippen LogP contribution in [0.4, 0.5) is 0 Å². The van der Waals surface area contributed by atoms with E-state index in [-0.39, 0.29) is 0 Å². The first kappa shape index (κ1) is 13.4. The van der Waals surface area contributed by atoms with E-state index >= 15 is 0 Å². The van der Waals surface area contributed by atoms with Gasteiger partial charge in [0.05, 0.1) is 0 Å². The number of fused-ring (bicyclic) bond motifs is 1. The summed E-state index contributed by atoms with van der Waals surface area (Å²) < 4.78 is 0. The quantitative estimate of drug-likeness (QED) is 0.562. The molecule has 0 amide bonds. The van der Waals surface area contributed by atoms with Crippen LogP contribution in [0.5, 0.6) is 0 Å². The van der Waals surface area contributed by atoms with Crippen molar-refractivity contribution in [3.63, 3.8) is 0 Å². The highest BCUT2D eigenvalue weighted by Crippen LogP contribution is 2.38. The smallest absolute Gasteiger partial charge is 0.00142 e. The second-order valence-electron chi connectivity index (χ2n) is 5.39. The van der Waals surface area contributed by atoms with Crippen molar-refractivity contribution < 1.29 is 0 Å². The van der Waals surface area contributed by atoms with E-state index in [9.17, 15) is 0 Å². The largest absolute Gasteiger partial charge is 0.316 e. The van der Waals surface area contributed by atoms with Crippen LogP contribution >= 0.6 is 0 Å². The van der Waals surface area contributed by atoms with Crippen molar-refractivity contribution >= 4 is 0 Å². The van der Waals surface area contributed by atoms with Crippen LogP contribution < -0.4 is 5.32 Å². The Bertz CT molecular complexity index is 406. The third-order valence-electron chi connectivity index (χ3n) is 3.77. The molecule has 0 aliphatic heterocycles. The van der Waals surface area contributed by atoms with Crippen LogP contribution in [0.1, 0.15) is 50.2 Å². The first-order valence-corrected chi connectivity index (χ1v) is 7.25. The van der Waals surface area contributed by atoms with E-state index in [2.05, 4.69) is 49.5 Å². The second-order valence-corrected chi connectivity index (χ2v) is 5.39. The van der Waals surface area contributed by atoms with Crippen LogP contribution in [0.3, 0.4) is 0 Å². The highest BCUT2D eigenvalue weighted by molar-refractivity contribution is 5.40. The molecule has 1 aliphatic rings. The molecule has 0 aromatic heterocycles. The molecule has 0 saturated carbocycles. The molecule has 18 heavy (non-hydrogen) atoms. The molecule has 1 nitrogen and oxygen atoms in total. The van der Waals surface area contributed by atoms with Gasteiger partial charge < -0.3 is 5.32 Å². The maximum atomic E-state index is 3.44. The minimum absolute atomic E-state index is 0.779. The number of hydrogen-bond donors (Lipinski definition) is 1. The van der Waals surface area contributed by atoms with Gasteiger partial charge in [-0.05, 0) is 62.7 Å². The average molecular weight is 243 g/mol. The fraction of sp³-hybridized carbons (Fsp3) is 0.529. The molecule has 1 heteroatoms. The summed E-state index contributed by atoms with van der Waals surface area (Å²) in [7, 11) is 0. The molecule has 1 unspecified atom stereocenters. The average Bonchev–Trinajstić information content (AvgIpc) is 2.36. The predicted octanol–water partition coefficient (Wildman–Crippen LogP) is 4.05. The van der Waals surface area contributed by atoms with Crippen LogP contribution in [0.15, 0.2) is 35.9 Å². The van der Waals surface area contributed by atoms with Gasteiger partial charge in [0.25, 0.3) is 0 Å². The zero-order chi connectivity index (χ0) is 12.8. The van der Waals surface area contributed by atoms with E-state index in [4.69, 9.17) is 0 Å². The van der Waals surface area contributed by atoms with Crippen LogP contribution in [0.25, 0.3) is 0 Å². The van der Waals surface area contributed by atoms with Crippen molar-refractivity contribution in [3.05, 3.63) is 47.0 Å². The maximum absolute atomic E-state index is 3.44. The molecular formula is C17H25N. The van der Waals surface area contributed by atoms with E-state index in [1.807, 2.05) is 0 Å². The molecule has 0 fully saturated rings. The van der Waals surface area contributed by atoms with Crippen molar-refractivity contribution in [2.24, 2.45) is 0 Å². The lowest BCUT2D eigenvalue weighted by molar-refractivity contribution is 0.598. The normalized spacial score (nSPS) is 18.3. The highest BCUT2D eigenvalue weighted by atomic mass is 14.8. The summed E-state index contributed by atoms with van der Waals surface area (Å²) in [4.78, 5) is 0. The van der Waals surface area contributed by atoms with Crippen LogP contribution in [-0.2, 0) is 6.42 Å². The Morgan fingerprint density at radius 3 is 2.94 bits per heavy atom. The third kappa shape index (κ3) is 3.46. The number of allylic oxidation sites excluding steroid dienone is 1. The standard InChI is InChI=1S/C17H25N/c1-3-10-18-11-6-7-14(2)12-16-13-15-8-4-5-9-17(15)16/h4-5,7-9,16,18H,3,6,10-13H2,1-2H3. The summed E-state index contributed by atoms with van der Waals surface area (Å²) in [5.74, 6) is 0.779. The Kier molecular flexibility index (Phi) is 5.00. The first-order valence-electron chi connectivity index (χ1n) is 7.25. The molecule has 2 rings (SSSR count). The van der Waals surface area contributed by atoms with E-state index < -0.39 is 0 Å². The number of nitrogens with one attached hydrogen (secondary N) is 1. The number of hydrogen-bond acceptors (Lipinski definition) is 1. The molecule has 1 aromatic rings. The number of rotatable bonds is 7. The Labute approximate surface area is 111 Å². The molecule has 0 radical (unpaired) electrons. The van der Waals surface area contributed by atoms with Crippen molar-refractivity contribution in [2.45, 2.75) is 45.4 Å². The van der Waals surface area contributed by atoms with Crippen LogP contribution in [0.2, 0.25) is 0 Å². The number of benzene rings is 1. The predicted molar refractivity (Wildman–Crippen MR) is 79.0 cm³/mol. The third-order valence-corrected chi connectivity index (χ3v) is 3.77. The van der Waals surface area contributed by atoms with Gasteiger partial charge in [0.2, 0.25) is 0 Å². The molecule has 0 saturated heterocycles. The van der Waals surface area contributed by atoms with Gasteiger partial charge in [-0.25, -0.2) is 0 Å². The lowest BCUT2D eigenvalue weighted by Crippen LogP contribution is -2.17. The van der Waals surface area contributed by atoms with Gasteiger partial charge in [-0.2, -0.15) is 0 Å². The minimum atomic E-state index is 0.779. The maximum Gasteiger partial charge on any atom is -0.00142 e. The van der Waals surface area contributed by atoms with Gasteiger partial charge in [-0.15, -0.1) is 0 Å². The SMILES string of the molecule is CCCNCCC=C(C)CC1Cc2ccccc21. The lowest BCUT2D eigenvalue weighted by atomic mass is 9.74. The van der Waals surface area contributed by atoms with E-state index in [1.165, 1.54) is 25.7 Å². The fourth-order valence-electron chi connectivity index (χ4n) is 2.74. The Morgan fingerprint density at radius 2 is 2.17 bits per heavy atom. The zero-order valence-electron chi connectivity index (χ0n) is 11.7. The van der Waals surface area contributed by atoms with Gasteiger partial charge in [-0.1, -0.05) is 42.8 Å². The minimum Gasteiger partial charge on any atom is -0.316 e. The van der Waals surface area contributed by atoms with Crippen molar-refractivity contribution in [1.29, 1.82) is 0 Å². The van der Waals surface area contributed by atoms with E-state index in [1.54, 1.807) is 16.7 Å². The molecule has 0 spiro atoms. The fourth-order valence-corrected chi connectivity index (χ4v) is 2.74. The van der Waals surface area contributed by atoms with E-state index in [0.29, 0.717) is 0 Å². The Balaban J connectivity index is 1.72. The molecule has 0 heterocycles. The zero-order valence-corrected chi connectivity index (χ0v) is 11.7. The van der Waals surface area contributed by atoms with Crippen molar-refractivity contribution in [2.75, 3.05) is 13.1 Å². The van der Waals surface area contributed by atoms with Crippen molar-refractivity contribution in [1.82, 2.24) is 5.32 Å². The van der Waals surface area contributed by atoms with E-state index in [0.717, 1.165) is 19.0 Å². The van der Waals surface area contributed by atoms with Crippen LogP contribution in [0, 0.1) is 0 Å². The summed E-state index contributed by atoms with van der Waals surface area (Å²) >= 11 is 0. The van der Waals surface area contributed by atoms with Gasteiger partial charge >= 0.3 is 0 Å². The summed E-state index contributed by atoms with van der Waals surface area (Å²) in [6.45, 7) is 6.75.